The molecule has 0 aliphatic carbocycles. The monoisotopic (exact) mass is 315 g/mol. The van der Waals surface area contributed by atoms with Crippen LogP contribution in [0.25, 0.3) is 0 Å². The smallest absolute Gasteiger partial charge is 0.252 e. The Balaban J connectivity index is 1.47. The number of aromatic nitrogens is 1. The molecule has 5 nitrogen and oxygen atoms in total. The number of hydrogen-bond acceptors (Lipinski definition) is 4. The van der Waals surface area contributed by atoms with Crippen LogP contribution in [-0.2, 0) is 16.1 Å². The number of carbonyl (C=O) groups is 1. The first kappa shape index (κ1) is 16.0. The number of nitrogens with zero attached hydrogens (tertiary/aromatic N) is 3. The van der Waals surface area contributed by atoms with E-state index < -0.39 is 0 Å². The van der Waals surface area contributed by atoms with Gasteiger partial charge in [0.2, 0.25) is 0 Å². The first-order valence-corrected chi connectivity index (χ1v) is 8.40. The van der Waals surface area contributed by atoms with Gasteiger partial charge in [-0.05, 0) is 43.9 Å². The third-order valence-corrected chi connectivity index (χ3v) is 4.53. The maximum Gasteiger partial charge on any atom is 0.252 e. The Morgan fingerprint density at radius 2 is 2.43 bits per heavy atom. The number of carbonyl (C=O) groups excluding carboxylic acids is 1. The molecule has 1 aromatic rings. The Kier molecular flexibility index (Phi) is 5.28. The molecular weight excluding hydrogens is 290 g/mol. The summed E-state index contributed by atoms with van der Waals surface area (Å²) in [5, 5.41) is 0. The van der Waals surface area contributed by atoms with Crippen molar-refractivity contribution in [1.82, 2.24) is 14.8 Å². The number of pyridine rings is 1. The fraction of sp³-hybridized carbons (Fsp3) is 0.556. The molecule has 2 aliphatic rings. The summed E-state index contributed by atoms with van der Waals surface area (Å²) in [6.45, 7) is 4.36. The zero-order valence-corrected chi connectivity index (χ0v) is 13.8. The predicted molar refractivity (Wildman–Crippen MR) is 88.5 cm³/mol. The molecule has 3 heterocycles. The lowest BCUT2D eigenvalue weighted by Crippen LogP contribution is -2.33. The van der Waals surface area contributed by atoms with Crippen LogP contribution in [0.1, 0.15) is 24.8 Å². The van der Waals surface area contributed by atoms with E-state index in [9.17, 15) is 4.79 Å². The lowest BCUT2D eigenvalue weighted by atomic mass is 10.1. The molecule has 1 atom stereocenters. The van der Waals surface area contributed by atoms with Crippen LogP contribution in [0.2, 0.25) is 0 Å². The van der Waals surface area contributed by atoms with Gasteiger partial charge in [0.1, 0.15) is 0 Å². The molecule has 0 aromatic carbocycles. The normalized spacial score (nSPS) is 21.2. The topological polar surface area (TPSA) is 45.7 Å². The van der Waals surface area contributed by atoms with Gasteiger partial charge in [-0.3, -0.25) is 9.78 Å². The van der Waals surface area contributed by atoms with Crippen LogP contribution >= 0.6 is 0 Å². The largest absolute Gasteiger partial charge is 0.501 e. The second kappa shape index (κ2) is 7.59. The van der Waals surface area contributed by atoms with E-state index in [1.807, 2.05) is 17.2 Å². The first-order valence-electron chi connectivity index (χ1n) is 8.40. The number of hydrogen-bond donors (Lipinski definition) is 0. The van der Waals surface area contributed by atoms with Crippen molar-refractivity contribution < 1.29 is 9.53 Å². The van der Waals surface area contributed by atoms with E-state index in [4.69, 9.17) is 4.74 Å². The Morgan fingerprint density at radius 1 is 1.52 bits per heavy atom. The molecule has 0 radical (unpaired) electrons. The van der Waals surface area contributed by atoms with Gasteiger partial charge in [-0.15, -0.1) is 0 Å². The molecule has 0 spiro atoms. The molecule has 1 amide bonds. The molecule has 124 valence electrons. The highest BCUT2D eigenvalue weighted by atomic mass is 16.5. The summed E-state index contributed by atoms with van der Waals surface area (Å²) in [7, 11) is 2.13. The van der Waals surface area contributed by atoms with Gasteiger partial charge >= 0.3 is 0 Å². The predicted octanol–water partition coefficient (Wildman–Crippen LogP) is 2.06. The van der Waals surface area contributed by atoms with Crippen molar-refractivity contribution in [2.75, 3.05) is 33.3 Å². The average Bonchev–Trinajstić information content (AvgIpc) is 3.04. The molecule has 2 aliphatic heterocycles. The van der Waals surface area contributed by atoms with Crippen LogP contribution < -0.4 is 0 Å². The zero-order valence-electron chi connectivity index (χ0n) is 13.8. The number of amides is 1. The molecule has 1 fully saturated rings. The van der Waals surface area contributed by atoms with E-state index >= 15 is 0 Å². The maximum absolute atomic E-state index is 12.5. The second-order valence-electron chi connectivity index (χ2n) is 6.58. The minimum absolute atomic E-state index is 0.169. The molecule has 3 rings (SSSR count). The third kappa shape index (κ3) is 4.32. The van der Waals surface area contributed by atoms with Gasteiger partial charge in [0.25, 0.3) is 5.91 Å². The van der Waals surface area contributed by atoms with Gasteiger partial charge in [0.05, 0.1) is 18.4 Å². The van der Waals surface area contributed by atoms with Crippen LogP contribution in [0.5, 0.6) is 0 Å². The van der Waals surface area contributed by atoms with Crippen LogP contribution in [0, 0.1) is 5.92 Å². The molecule has 23 heavy (non-hydrogen) atoms. The van der Waals surface area contributed by atoms with E-state index in [2.05, 4.69) is 23.0 Å². The molecule has 1 aromatic heterocycles. The Bertz CT molecular complexity index is 559. The summed E-state index contributed by atoms with van der Waals surface area (Å²) in [5.41, 5.74) is 2.06. The molecule has 5 heteroatoms. The molecule has 1 saturated heterocycles. The lowest BCUT2D eigenvalue weighted by Gasteiger charge is -2.23. The van der Waals surface area contributed by atoms with E-state index in [0.29, 0.717) is 5.92 Å². The fourth-order valence-electron chi connectivity index (χ4n) is 3.40. The highest BCUT2D eigenvalue weighted by Crippen LogP contribution is 2.22. The standard InChI is InChI=1S/C18H25N3O2/c1-20(11-15-4-2-7-19-10-15)12-16-6-8-21(13-16)18(22)17-5-3-9-23-14-17/h2,4,7,10,14,16H,3,5-6,8-9,11-13H2,1H3. The van der Waals surface area contributed by atoms with Crippen molar-refractivity contribution in [2.24, 2.45) is 5.92 Å². The van der Waals surface area contributed by atoms with Gasteiger partial charge in [0.15, 0.2) is 0 Å². The van der Waals surface area contributed by atoms with Crippen molar-refractivity contribution in [1.29, 1.82) is 0 Å². The van der Waals surface area contributed by atoms with Crippen LogP contribution in [0.3, 0.4) is 0 Å². The highest BCUT2D eigenvalue weighted by molar-refractivity contribution is 5.93. The van der Waals surface area contributed by atoms with E-state index in [1.54, 1.807) is 12.5 Å². The maximum atomic E-state index is 12.5. The third-order valence-electron chi connectivity index (χ3n) is 4.53. The Morgan fingerprint density at radius 3 is 3.17 bits per heavy atom. The van der Waals surface area contributed by atoms with Crippen LogP contribution in [0.4, 0.5) is 0 Å². The molecule has 0 N–H and O–H groups in total. The lowest BCUT2D eigenvalue weighted by molar-refractivity contribution is -0.126. The van der Waals surface area contributed by atoms with Gasteiger partial charge in [-0.1, -0.05) is 6.07 Å². The summed E-state index contributed by atoms with van der Waals surface area (Å²) in [5.74, 6) is 0.716. The second-order valence-corrected chi connectivity index (χ2v) is 6.58. The minimum Gasteiger partial charge on any atom is -0.501 e. The molecular formula is C18H25N3O2. The summed E-state index contributed by atoms with van der Waals surface area (Å²) in [6.07, 6.45) is 8.25. The summed E-state index contributed by atoms with van der Waals surface area (Å²) in [6, 6.07) is 4.07. The number of likely N-dealkylation sites (tertiary alicyclic amines) is 1. The summed E-state index contributed by atoms with van der Waals surface area (Å²) >= 11 is 0. The SMILES string of the molecule is CN(Cc1cccnc1)CC1CCN(C(=O)C2=COCCC2)C1. The molecule has 0 bridgehead atoms. The Hall–Kier alpha value is -1.88. The van der Waals surface area contributed by atoms with Gasteiger partial charge in [-0.2, -0.15) is 0 Å². The highest BCUT2D eigenvalue weighted by Gasteiger charge is 2.29. The minimum atomic E-state index is 0.169. The van der Waals surface area contributed by atoms with Crippen molar-refractivity contribution in [3.05, 3.63) is 41.9 Å². The number of rotatable bonds is 5. The van der Waals surface area contributed by atoms with Gasteiger partial charge < -0.3 is 14.5 Å². The zero-order chi connectivity index (χ0) is 16.1. The van der Waals surface area contributed by atoms with E-state index in [-0.39, 0.29) is 5.91 Å². The first-order chi connectivity index (χ1) is 11.2. The summed E-state index contributed by atoms with van der Waals surface area (Å²) < 4.78 is 5.30. The Labute approximate surface area is 137 Å². The van der Waals surface area contributed by atoms with E-state index in [1.165, 1.54) is 5.56 Å². The van der Waals surface area contributed by atoms with Gasteiger partial charge in [-0.25, -0.2) is 0 Å². The van der Waals surface area contributed by atoms with Crippen LogP contribution in [0.15, 0.2) is 36.4 Å². The van der Waals surface area contributed by atoms with Crippen LogP contribution in [-0.4, -0.2) is 54.0 Å². The van der Waals surface area contributed by atoms with Crippen molar-refractivity contribution >= 4 is 5.91 Å². The number of ether oxygens (including phenoxy) is 1. The van der Waals surface area contributed by atoms with Gasteiger partial charge in [0, 0.05) is 38.6 Å². The van der Waals surface area contributed by atoms with Crippen molar-refractivity contribution in [3.63, 3.8) is 0 Å². The average molecular weight is 315 g/mol. The molecule has 0 saturated carbocycles. The summed E-state index contributed by atoms with van der Waals surface area (Å²) in [4.78, 5) is 20.9. The van der Waals surface area contributed by atoms with Crippen molar-refractivity contribution in [2.45, 2.75) is 25.8 Å². The quantitative estimate of drug-likeness (QED) is 0.834. The fourth-order valence-corrected chi connectivity index (χ4v) is 3.40. The van der Waals surface area contributed by atoms with Crippen molar-refractivity contribution in [3.8, 4) is 0 Å². The molecule has 1 unspecified atom stereocenters. The van der Waals surface area contributed by atoms with E-state index in [0.717, 1.165) is 57.6 Å².